The van der Waals surface area contributed by atoms with E-state index >= 15 is 0 Å². The quantitative estimate of drug-likeness (QED) is 0.730. The van der Waals surface area contributed by atoms with E-state index in [9.17, 15) is 9.18 Å². The van der Waals surface area contributed by atoms with Gasteiger partial charge in [-0.2, -0.15) is 0 Å². The number of rotatable bonds is 8. The molecule has 1 atom stereocenters. The largest absolute Gasteiger partial charge is 0.494 e. The molecule has 1 rings (SSSR count). The first-order valence-electron chi connectivity index (χ1n) is 6.18. The normalized spacial score (nSPS) is 12.2. The van der Waals surface area contributed by atoms with Gasteiger partial charge in [-0.05, 0) is 30.5 Å². The second kappa shape index (κ2) is 7.86. The van der Waals surface area contributed by atoms with Gasteiger partial charge in [-0.1, -0.05) is 6.07 Å². The predicted octanol–water partition coefficient (Wildman–Crippen LogP) is 1.70. The molecule has 1 aromatic carbocycles. The van der Waals surface area contributed by atoms with Crippen LogP contribution in [-0.2, 0) is 16.0 Å². The van der Waals surface area contributed by atoms with E-state index in [0.29, 0.717) is 18.6 Å². The molecule has 0 amide bonds. The predicted molar refractivity (Wildman–Crippen MR) is 70.7 cm³/mol. The summed E-state index contributed by atoms with van der Waals surface area (Å²) in [5.74, 6) is -0.401. The van der Waals surface area contributed by atoms with Crippen LogP contribution >= 0.6 is 0 Å². The number of hydrogen-bond acceptors (Lipinski definition) is 4. The Labute approximate surface area is 112 Å². The zero-order valence-electron chi connectivity index (χ0n) is 11.3. The molecule has 1 aromatic rings. The molecule has 0 bridgehead atoms. The van der Waals surface area contributed by atoms with Crippen LogP contribution in [0.3, 0.4) is 0 Å². The number of nitrogens with two attached hydrogens (primary N) is 1. The van der Waals surface area contributed by atoms with Crippen molar-refractivity contribution in [2.45, 2.75) is 25.3 Å². The Morgan fingerprint density at radius 2 is 2.16 bits per heavy atom. The van der Waals surface area contributed by atoms with E-state index in [-0.39, 0.29) is 18.0 Å². The van der Waals surface area contributed by atoms with Gasteiger partial charge in [-0.3, -0.25) is 4.79 Å². The second-order valence-electron chi connectivity index (χ2n) is 4.35. The highest BCUT2D eigenvalue weighted by Crippen LogP contribution is 2.18. The lowest BCUT2D eigenvalue weighted by Crippen LogP contribution is -2.32. The van der Waals surface area contributed by atoms with Crippen LogP contribution in [0, 0.1) is 5.82 Å². The number of Topliss-reactive ketones (excluding diaryl/α,β-unsaturated/α-hetero) is 1. The number of ether oxygens (including phenoxy) is 2. The van der Waals surface area contributed by atoms with Gasteiger partial charge in [0, 0.05) is 20.1 Å². The molecule has 106 valence electrons. The summed E-state index contributed by atoms with van der Waals surface area (Å²) in [6.45, 7) is 0.581. The molecule has 5 heteroatoms. The molecule has 1 unspecified atom stereocenters. The summed E-state index contributed by atoms with van der Waals surface area (Å²) in [7, 11) is 3.00. The monoisotopic (exact) mass is 269 g/mol. The van der Waals surface area contributed by atoms with Crippen LogP contribution in [0.15, 0.2) is 18.2 Å². The maximum absolute atomic E-state index is 13.5. The van der Waals surface area contributed by atoms with Crippen molar-refractivity contribution in [3.05, 3.63) is 29.6 Å². The van der Waals surface area contributed by atoms with E-state index in [1.807, 2.05) is 0 Å². The van der Waals surface area contributed by atoms with E-state index in [4.69, 9.17) is 15.2 Å². The molecular weight excluding hydrogens is 249 g/mol. The average Bonchev–Trinajstić information content (AvgIpc) is 2.39. The van der Waals surface area contributed by atoms with Gasteiger partial charge in [0.1, 0.15) is 0 Å². The summed E-state index contributed by atoms with van der Waals surface area (Å²) in [5.41, 5.74) is 6.38. The Kier molecular flexibility index (Phi) is 6.45. The summed E-state index contributed by atoms with van der Waals surface area (Å²) in [4.78, 5) is 11.9. The van der Waals surface area contributed by atoms with Gasteiger partial charge in [-0.15, -0.1) is 0 Å². The Balaban J connectivity index is 2.54. The van der Waals surface area contributed by atoms with Crippen molar-refractivity contribution >= 4 is 5.78 Å². The van der Waals surface area contributed by atoms with Crippen LogP contribution in [0.2, 0.25) is 0 Å². The minimum absolute atomic E-state index is 0.0966. The first-order valence-corrected chi connectivity index (χ1v) is 6.18. The molecule has 0 heterocycles. The van der Waals surface area contributed by atoms with E-state index in [0.717, 1.165) is 6.42 Å². The zero-order chi connectivity index (χ0) is 14.3. The van der Waals surface area contributed by atoms with Crippen LogP contribution in [0.25, 0.3) is 0 Å². The molecule has 4 nitrogen and oxygen atoms in total. The molecule has 0 radical (unpaired) electrons. The molecule has 0 spiro atoms. The molecule has 2 N–H and O–H groups in total. The number of methoxy groups -OCH3 is 2. The number of carbonyl (C=O) groups is 1. The molecule has 0 aliphatic rings. The summed E-state index contributed by atoms with van der Waals surface area (Å²) < 4.78 is 23.2. The molecule has 0 aliphatic carbocycles. The Morgan fingerprint density at radius 3 is 2.74 bits per heavy atom. The molecule has 0 fully saturated rings. The number of benzene rings is 1. The van der Waals surface area contributed by atoms with Gasteiger partial charge in [-0.25, -0.2) is 4.39 Å². The highest BCUT2D eigenvalue weighted by molar-refractivity contribution is 5.85. The van der Waals surface area contributed by atoms with Crippen molar-refractivity contribution in [2.24, 2.45) is 5.73 Å². The van der Waals surface area contributed by atoms with E-state index in [1.165, 1.54) is 19.2 Å². The fraction of sp³-hybridized carbons (Fsp3) is 0.500. The molecule has 0 saturated carbocycles. The third-order valence-corrected chi connectivity index (χ3v) is 2.87. The lowest BCUT2D eigenvalue weighted by Gasteiger charge is -2.10. The number of halogens is 1. The van der Waals surface area contributed by atoms with Crippen LogP contribution in [-0.4, -0.2) is 32.7 Å². The maximum atomic E-state index is 13.5. The van der Waals surface area contributed by atoms with Crippen molar-refractivity contribution in [2.75, 3.05) is 20.8 Å². The third-order valence-electron chi connectivity index (χ3n) is 2.87. The van der Waals surface area contributed by atoms with Gasteiger partial charge in [0.25, 0.3) is 0 Å². The number of carbonyl (C=O) groups excluding carboxylic acids is 1. The smallest absolute Gasteiger partial charge is 0.165 e. The van der Waals surface area contributed by atoms with Gasteiger partial charge >= 0.3 is 0 Å². The second-order valence-corrected chi connectivity index (χ2v) is 4.35. The minimum atomic E-state index is -0.527. The summed E-state index contributed by atoms with van der Waals surface area (Å²) in [6, 6.07) is 3.95. The van der Waals surface area contributed by atoms with Gasteiger partial charge < -0.3 is 15.2 Å². The van der Waals surface area contributed by atoms with E-state index < -0.39 is 11.9 Å². The Bertz CT molecular complexity index is 423. The summed E-state index contributed by atoms with van der Waals surface area (Å²) in [6.07, 6.45) is 1.45. The first kappa shape index (κ1) is 15.6. The van der Waals surface area contributed by atoms with E-state index in [1.54, 1.807) is 13.2 Å². The van der Waals surface area contributed by atoms with E-state index in [2.05, 4.69) is 0 Å². The van der Waals surface area contributed by atoms with Crippen LogP contribution < -0.4 is 10.5 Å². The van der Waals surface area contributed by atoms with Crippen LogP contribution in [0.1, 0.15) is 18.4 Å². The van der Waals surface area contributed by atoms with Crippen LogP contribution in [0.4, 0.5) is 4.39 Å². The SMILES string of the molecule is COCCCC(N)C(=O)Cc1ccc(OC)c(F)c1. The Hall–Kier alpha value is -1.46. The number of ketones is 1. The van der Waals surface area contributed by atoms with Gasteiger partial charge in [0.2, 0.25) is 0 Å². The lowest BCUT2D eigenvalue weighted by molar-refractivity contribution is -0.119. The third kappa shape index (κ3) is 4.96. The highest BCUT2D eigenvalue weighted by atomic mass is 19.1. The topological polar surface area (TPSA) is 61.5 Å². The van der Waals surface area contributed by atoms with Crippen molar-refractivity contribution in [1.82, 2.24) is 0 Å². The standard InChI is InChI=1S/C14H20FNO3/c1-18-7-3-4-12(16)13(17)9-10-5-6-14(19-2)11(15)8-10/h5-6,8,12H,3-4,7,9,16H2,1-2H3. The van der Waals surface area contributed by atoms with Gasteiger partial charge in [0.05, 0.1) is 13.2 Å². The van der Waals surface area contributed by atoms with Crippen molar-refractivity contribution in [3.8, 4) is 5.75 Å². The molecule has 0 aromatic heterocycles. The average molecular weight is 269 g/mol. The van der Waals surface area contributed by atoms with Crippen molar-refractivity contribution in [3.63, 3.8) is 0 Å². The van der Waals surface area contributed by atoms with Gasteiger partial charge in [0.15, 0.2) is 17.3 Å². The molecule has 0 aliphatic heterocycles. The number of hydrogen-bond donors (Lipinski definition) is 1. The Morgan fingerprint density at radius 1 is 1.42 bits per heavy atom. The minimum Gasteiger partial charge on any atom is -0.494 e. The fourth-order valence-corrected chi connectivity index (χ4v) is 1.76. The molecule has 0 saturated heterocycles. The first-order chi connectivity index (χ1) is 9.08. The summed E-state index contributed by atoms with van der Waals surface area (Å²) in [5, 5.41) is 0. The molecular formula is C14H20FNO3. The fourth-order valence-electron chi connectivity index (χ4n) is 1.76. The lowest BCUT2D eigenvalue weighted by atomic mass is 10.0. The zero-order valence-corrected chi connectivity index (χ0v) is 11.3. The van der Waals surface area contributed by atoms with Crippen LogP contribution in [0.5, 0.6) is 5.75 Å². The maximum Gasteiger partial charge on any atom is 0.165 e. The van der Waals surface area contributed by atoms with Crippen molar-refractivity contribution in [1.29, 1.82) is 0 Å². The highest BCUT2D eigenvalue weighted by Gasteiger charge is 2.14. The summed E-state index contributed by atoms with van der Waals surface area (Å²) >= 11 is 0. The van der Waals surface area contributed by atoms with Crippen molar-refractivity contribution < 1.29 is 18.7 Å². The molecule has 19 heavy (non-hydrogen) atoms.